The van der Waals surface area contributed by atoms with E-state index in [0.717, 1.165) is 25.7 Å². The van der Waals surface area contributed by atoms with Gasteiger partial charge in [-0.25, -0.2) is 13.4 Å². The van der Waals surface area contributed by atoms with E-state index in [0.29, 0.717) is 40.8 Å². The summed E-state index contributed by atoms with van der Waals surface area (Å²) in [5, 5.41) is 10.3. The number of ether oxygens (including phenoxy) is 1. The Hall–Kier alpha value is -1.87. The molecule has 1 amide bonds. The highest BCUT2D eigenvalue weighted by atomic mass is 32.2. The number of hydrogen-bond donors (Lipinski definition) is 2. The summed E-state index contributed by atoms with van der Waals surface area (Å²) in [5.41, 5.74) is 0.800. The fourth-order valence-corrected chi connectivity index (χ4v) is 5.54. The average Bonchev–Trinajstić information content (AvgIpc) is 2.87. The number of fused-ring (bicyclic) bond motifs is 1. The quantitative estimate of drug-likeness (QED) is 0.696. The van der Waals surface area contributed by atoms with E-state index < -0.39 is 39.9 Å². The molecule has 162 valence electrons. The lowest BCUT2D eigenvalue weighted by Crippen LogP contribution is -2.31. The topological polar surface area (TPSA) is 95.9 Å². The molecule has 1 fully saturated rings. The molecule has 29 heavy (non-hydrogen) atoms. The Morgan fingerprint density at radius 1 is 1.41 bits per heavy atom. The first kappa shape index (κ1) is 21.8. The van der Waals surface area contributed by atoms with Crippen LogP contribution in [0.4, 0.5) is 10.1 Å². The maximum atomic E-state index is 15.3. The second kappa shape index (κ2) is 8.10. The number of methoxy groups -OCH3 is 1. The molecule has 0 saturated carbocycles. The third-order valence-corrected chi connectivity index (χ3v) is 7.18. The number of carbonyl (C=O) groups excluding carboxylic acids is 1. The molecule has 2 N–H and O–H groups in total. The van der Waals surface area contributed by atoms with Gasteiger partial charge < -0.3 is 9.84 Å². The van der Waals surface area contributed by atoms with Crippen molar-refractivity contribution in [2.75, 3.05) is 24.6 Å². The van der Waals surface area contributed by atoms with E-state index in [-0.39, 0.29) is 5.41 Å². The van der Waals surface area contributed by atoms with E-state index in [4.69, 9.17) is 4.74 Å². The van der Waals surface area contributed by atoms with Crippen LogP contribution in [0.1, 0.15) is 50.7 Å². The Kier molecular flexibility index (Phi) is 6.10. The van der Waals surface area contributed by atoms with Gasteiger partial charge in [0.15, 0.2) is 5.82 Å². The van der Waals surface area contributed by atoms with Crippen LogP contribution in [0.15, 0.2) is 6.07 Å². The van der Waals surface area contributed by atoms with Crippen molar-refractivity contribution in [2.45, 2.75) is 52.4 Å². The number of phenols is 1. The van der Waals surface area contributed by atoms with Crippen LogP contribution in [-0.4, -0.2) is 39.7 Å². The number of phenolic OH excluding ortho intramolecular Hbond substituents is 1. The molecule has 0 aromatic heterocycles. The molecule has 9 heteroatoms. The van der Waals surface area contributed by atoms with Gasteiger partial charge in [0.1, 0.15) is 18.0 Å². The highest BCUT2D eigenvalue weighted by Gasteiger charge is 2.39. The van der Waals surface area contributed by atoms with Crippen LogP contribution in [0.3, 0.4) is 0 Å². The van der Waals surface area contributed by atoms with Gasteiger partial charge in [0.05, 0.1) is 6.61 Å². The van der Waals surface area contributed by atoms with Crippen LogP contribution in [0.5, 0.6) is 5.75 Å². The monoisotopic (exact) mass is 428 g/mol. The molecule has 1 heterocycles. The number of amides is 1. The summed E-state index contributed by atoms with van der Waals surface area (Å²) in [7, 11) is -2.49. The number of nitrogens with one attached hydrogen (secondary N) is 1. The van der Waals surface area contributed by atoms with Crippen molar-refractivity contribution in [1.82, 2.24) is 4.72 Å². The van der Waals surface area contributed by atoms with E-state index in [1.165, 1.54) is 6.07 Å². The standard InChI is InChI=1S/C20H29FN2O5S/c1-20(2,12-28-3)8-4-5-13-6-7-14-10-16(24)19(18(21)15(14)9-13)23-11-17(25)22-29(23,26)27/h10,13,24H,4-9,11-12H2,1-3H3,(H,22,25). The molecular formula is C20H29FN2O5S. The molecule has 1 saturated heterocycles. The molecule has 1 unspecified atom stereocenters. The number of nitrogens with zero attached hydrogens (tertiary/aromatic N) is 1. The molecule has 1 atom stereocenters. The summed E-state index contributed by atoms with van der Waals surface area (Å²) in [6.07, 6.45) is 4.99. The Bertz CT molecular complexity index is 901. The molecule has 1 aliphatic carbocycles. The highest BCUT2D eigenvalue weighted by Crippen LogP contribution is 2.41. The van der Waals surface area contributed by atoms with Crippen LogP contribution in [0.2, 0.25) is 0 Å². The van der Waals surface area contributed by atoms with Gasteiger partial charge in [-0.3, -0.25) is 4.79 Å². The summed E-state index contributed by atoms with van der Waals surface area (Å²) >= 11 is 0. The minimum Gasteiger partial charge on any atom is -0.506 e. The van der Waals surface area contributed by atoms with Crippen molar-refractivity contribution in [1.29, 1.82) is 0 Å². The van der Waals surface area contributed by atoms with Gasteiger partial charge in [-0.15, -0.1) is 0 Å². The van der Waals surface area contributed by atoms with Gasteiger partial charge in [0.25, 0.3) is 5.91 Å². The van der Waals surface area contributed by atoms with Gasteiger partial charge in [-0.05, 0) is 54.2 Å². The number of halogens is 1. The minimum absolute atomic E-state index is 0.0924. The molecule has 1 aliphatic heterocycles. The molecule has 0 spiro atoms. The number of benzene rings is 1. The summed E-state index contributed by atoms with van der Waals surface area (Å²) in [5.74, 6) is -1.66. The van der Waals surface area contributed by atoms with Gasteiger partial charge >= 0.3 is 10.2 Å². The lowest BCUT2D eigenvalue weighted by molar-refractivity contribution is -0.117. The predicted octanol–water partition coefficient (Wildman–Crippen LogP) is 2.66. The zero-order valence-electron chi connectivity index (χ0n) is 17.1. The molecule has 2 aliphatic rings. The summed E-state index contributed by atoms with van der Waals surface area (Å²) in [6.45, 7) is 4.47. The van der Waals surface area contributed by atoms with Crippen LogP contribution in [0.25, 0.3) is 0 Å². The number of aromatic hydroxyl groups is 1. The van der Waals surface area contributed by atoms with E-state index >= 15 is 4.39 Å². The highest BCUT2D eigenvalue weighted by molar-refractivity contribution is 7.92. The van der Waals surface area contributed by atoms with Crippen molar-refractivity contribution in [3.05, 3.63) is 23.0 Å². The molecule has 3 rings (SSSR count). The van der Waals surface area contributed by atoms with E-state index in [2.05, 4.69) is 13.8 Å². The third-order valence-electron chi connectivity index (χ3n) is 5.80. The second-order valence-electron chi connectivity index (χ2n) is 8.83. The maximum Gasteiger partial charge on any atom is 0.326 e. The predicted molar refractivity (Wildman–Crippen MR) is 107 cm³/mol. The van der Waals surface area contributed by atoms with Crippen LogP contribution < -0.4 is 9.03 Å². The average molecular weight is 429 g/mol. The number of hydrogen-bond acceptors (Lipinski definition) is 5. The van der Waals surface area contributed by atoms with Gasteiger partial charge in [0, 0.05) is 7.11 Å². The lowest BCUT2D eigenvalue weighted by Gasteiger charge is -2.29. The summed E-state index contributed by atoms with van der Waals surface area (Å²) in [6, 6.07) is 1.43. The molecular weight excluding hydrogens is 399 g/mol. The van der Waals surface area contributed by atoms with Crippen molar-refractivity contribution < 1.29 is 27.4 Å². The first-order valence-corrected chi connectivity index (χ1v) is 11.3. The van der Waals surface area contributed by atoms with Gasteiger partial charge in [-0.2, -0.15) is 8.42 Å². The third kappa shape index (κ3) is 4.66. The van der Waals surface area contributed by atoms with E-state index in [1.54, 1.807) is 7.11 Å². The van der Waals surface area contributed by atoms with E-state index in [9.17, 15) is 18.3 Å². The van der Waals surface area contributed by atoms with Crippen LogP contribution >= 0.6 is 0 Å². The van der Waals surface area contributed by atoms with Crippen molar-refractivity contribution in [3.8, 4) is 5.75 Å². The molecule has 0 radical (unpaired) electrons. The molecule has 7 nitrogen and oxygen atoms in total. The fourth-order valence-electron chi connectivity index (χ4n) is 4.37. The molecule has 1 aromatic carbocycles. The van der Waals surface area contributed by atoms with Crippen molar-refractivity contribution >= 4 is 21.8 Å². The Morgan fingerprint density at radius 2 is 2.14 bits per heavy atom. The SMILES string of the molecule is COCC(C)(C)CCCC1CCc2cc(O)c(N3CC(=O)NS3(=O)=O)c(F)c2C1. The van der Waals surface area contributed by atoms with E-state index in [1.807, 2.05) is 4.72 Å². The zero-order chi connectivity index (χ0) is 21.4. The number of carbonyl (C=O) groups is 1. The lowest BCUT2D eigenvalue weighted by atomic mass is 9.79. The largest absolute Gasteiger partial charge is 0.506 e. The van der Waals surface area contributed by atoms with Gasteiger partial charge in [0.2, 0.25) is 0 Å². The Morgan fingerprint density at radius 3 is 2.76 bits per heavy atom. The summed E-state index contributed by atoms with van der Waals surface area (Å²) in [4.78, 5) is 11.5. The number of rotatable bonds is 7. The normalized spacial score (nSPS) is 21.2. The Balaban J connectivity index is 1.77. The Labute approximate surface area is 171 Å². The first-order valence-electron chi connectivity index (χ1n) is 9.89. The van der Waals surface area contributed by atoms with Crippen molar-refractivity contribution in [3.63, 3.8) is 0 Å². The first-order chi connectivity index (χ1) is 13.5. The van der Waals surface area contributed by atoms with Crippen LogP contribution in [-0.2, 0) is 32.6 Å². The van der Waals surface area contributed by atoms with Gasteiger partial charge in [-0.1, -0.05) is 26.7 Å². The summed E-state index contributed by atoms with van der Waals surface area (Å²) < 4.78 is 47.2. The maximum absolute atomic E-state index is 15.3. The minimum atomic E-state index is -4.19. The zero-order valence-corrected chi connectivity index (χ0v) is 17.9. The van der Waals surface area contributed by atoms with Crippen LogP contribution in [0, 0.1) is 17.2 Å². The van der Waals surface area contributed by atoms with Crippen molar-refractivity contribution in [2.24, 2.45) is 11.3 Å². The number of aryl methyl sites for hydroxylation is 1. The second-order valence-corrected chi connectivity index (χ2v) is 10.4. The molecule has 1 aromatic rings. The number of anilines is 1. The fraction of sp³-hybridized carbons (Fsp3) is 0.650. The molecule has 0 bridgehead atoms. The smallest absolute Gasteiger partial charge is 0.326 e.